The monoisotopic (exact) mass is 471 g/mol. The van der Waals surface area contributed by atoms with E-state index in [4.69, 9.17) is 5.73 Å². The smallest absolute Gasteiger partial charge is 0.0352 e. The minimum absolute atomic E-state index is 0.0824. The first-order chi connectivity index (χ1) is 14.6. The average Bonchev–Trinajstić information content (AvgIpc) is 2.44. The molecule has 1 nitrogen and oxygen atoms in total. The highest BCUT2D eigenvalue weighted by atomic mass is 14.6. The second-order valence-corrected chi connectivity index (χ2v) is 17.6. The number of hydrogen-bond acceptors (Lipinski definition) is 1. The van der Waals surface area contributed by atoms with Gasteiger partial charge in [0.2, 0.25) is 0 Å². The van der Waals surface area contributed by atoms with Crippen LogP contribution in [0.5, 0.6) is 0 Å². The largest absolute Gasteiger partial charge is 0.398 e. The number of rotatable bonds is 3. The highest BCUT2D eigenvalue weighted by Gasteiger charge is 2.47. The van der Waals surface area contributed by atoms with Crippen LogP contribution in [0, 0.1) is 32.5 Å². The molecule has 0 amide bonds. The molecule has 0 aliphatic rings. The van der Waals surface area contributed by atoms with Crippen molar-refractivity contribution < 1.29 is 0 Å². The van der Waals surface area contributed by atoms with Crippen molar-refractivity contribution in [1.82, 2.24) is 0 Å². The topological polar surface area (TPSA) is 26.0 Å². The molecular weight excluding hydrogens is 410 g/mol. The van der Waals surface area contributed by atoms with E-state index >= 15 is 0 Å². The third kappa shape index (κ3) is 6.82. The molecule has 0 aliphatic heterocycles. The maximum Gasteiger partial charge on any atom is 0.0352 e. The van der Waals surface area contributed by atoms with Crippen LogP contribution in [-0.2, 0) is 0 Å². The number of benzene rings is 1. The van der Waals surface area contributed by atoms with Crippen LogP contribution in [0.2, 0.25) is 0 Å². The van der Waals surface area contributed by atoms with Gasteiger partial charge in [-0.25, -0.2) is 0 Å². The number of anilines is 1. The first kappa shape index (κ1) is 31.1. The van der Waals surface area contributed by atoms with Crippen molar-refractivity contribution in [1.29, 1.82) is 0 Å². The summed E-state index contributed by atoms with van der Waals surface area (Å²) in [4.78, 5) is 0. The van der Waals surface area contributed by atoms with Crippen molar-refractivity contribution in [3.63, 3.8) is 0 Å². The summed E-state index contributed by atoms with van der Waals surface area (Å²) in [6.45, 7) is 43.4. The molecule has 0 bridgehead atoms. The van der Waals surface area contributed by atoms with Gasteiger partial charge in [-0.1, -0.05) is 131 Å². The summed E-state index contributed by atoms with van der Waals surface area (Å²) < 4.78 is 0. The Kier molecular flexibility index (Phi) is 8.36. The summed E-state index contributed by atoms with van der Waals surface area (Å²) in [5.74, 6) is 1.11. The molecule has 1 aromatic carbocycles. The van der Waals surface area contributed by atoms with Gasteiger partial charge in [-0.3, -0.25) is 0 Å². The maximum atomic E-state index is 7.03. The van der Waals surface area contributed by atoms with Crippen LogP contribution in [0.25, 0.3) is 0 Å². The Morgan fingerprint density at radius 1 is 0.412 bits per heavy atom. The van der Waals surface area contributed by atoms with Crippen LogP contribution in [-0.4, -0.2) is 0 Å². The van der Waals surface area contributed by atoms with E-state index in [0.717, 1.165) is 5.69 Å². The summed E-state index contributed by atoms with van der Waals surface area (Å²) in [6, 6.07) is 4.62. The zero-order valence-corrected chi connectivity index (χ0v) is 26.5. The molecule has 0 spiro atoms. The summed E-state index contributed by atoms with van der Waals surface area (Å²) in [6.07, 6.45) is 0. The average molecular weight is 472 g/mol. The Morgan fingerprint density at radius 2 is 0.676 bits per heavy atom. The minimum atomic E-state index is 0.0824. The molecule has 0 saturated carbocycles. The van der Waals surface area contributed by atoms with Gasteiger partial charge in [0.1, 0.15) is 0 Å². The molecule has 0 atom stereocenters. The predicted molar refractivity (Wildman–Crippen MR) is 156 cm³/mol. The lowest BCUT2D eigenvalue weighted by atomic mass is 9.54. The fraction of sp³-hybridized carbons (Fsp3) is 0.818. The van der Waals surface area contributed by atoms with Crippen molar-refractivity contribution in [2.75, 3.05) is 5.73 Å². The third-order valence-electron chi connectivity index (χ3n) is 7.44. The molecule has 0 aliphatic carbocycles. The van der Waals surface area contributed by atoms with Crippen molar-refractivity contribution in [2.24, 2.45) is 32.5 Å². The maximum absolute atomic E-state index is 7.03. The van der Waals surface area contributed by atoms with Crippen LogP contribution >= 0.6 is 0 Å². The van der Waals surface area contributed by atoms with Crippen LogP contribution in [0.1, 0.15) is 159 Å². The Morgan fingerprint density at radius 3 is 0.941 bits per heavy atom. The second-order valence-electron chi connectivity index (χ2n) is 17.6. The normalized spacial score (nSPS) is 15.1. The SMILES string of the molecule is CC(C)(C)C(c1ccc(N)c(C(C(C)(C)C)C(C)(C)C)c1C(C(C)(C)C)C(C)(C)C)C(C)(C)C. The lowest BCUT2D eigenvalue weighted by Gasteiger charge is -2.51. The van der Waals surface area contributed by atoms with E-state index in [2.05, 4.69) is 137 Å². The molecule has 34 heavy (non-hydrogen) atoms. The minimum Gasteiger partial charge on any atom is -0.398 e. The molecule has 0 heterocycles. The Labute approximate surface area is 215 Å². The van der Waals surface area contributed by atoms with Gasteiger partial charge in [0, 0.05) is 5.69 Å². The molecule has 0 fully saturated rings. The van der Waals surface area contributed by atoms with Crippen LogP contribution in [0.4, 0.5) is 5.69 Å². The van der Waals surface area contributed by atoms with Crippen LogP contribution in [0.3, 0.4) is 0 Å². The molecule has 1 heteroatoms. The van der Waals surface area contributed by atoms with Gasteiger partial charge in [-0.05, 0) is 73.0 Å². The number of hydrogen-bond donors (Lipinski definition) is 1. The summed E-state index contributed by atoms with van der Waals surface area (Å²) in [7, 11) is 0. The summed E-state index contributed by atoms with van der Waals surface area (Å²) in [5, 5.41) is 0. The van der Waals surface area contributed by atoms with Crippen LogP contribution in [0.15, 0.2) is 12.1 Å². The fourth-order valence-corrected chi connectivity index (χ4v) is 8.13. The predicted octanol–water partition coefficient (Wildman–Crippen LogP) is 10.8. The van der Waals surface area contributed by atoms with E-state index in [1.165, 1.54) is 16.7 Å². The molecule has 0 radical (unpaired) electrons. The number of nitrogen functional groups attached to an aromatic ring is 1. The van der Waals surface area contributed by atoms with E-state index in [1.54, 1.807) is 0 Å². The summed E-state index contributed by atoms with van der Waals surface area (Å²) in [5.41, 5.74) is 13.0. The Hall–Kier alpha value is -0.980. The Bertz CT molecular complexity index is 788. The molecule has 1 aromatic rings. The van der Waals surface area contributed by atoms with Crippen molar-refractivity contribution in [2.45, 2.75) is 142 Å². The quantitative estimate of drug-likeness (QED) is 0.436. The standard InChI is InChI=1S/C33H61N/c1-28(2,3)25(29(4,5)6)21-19-20-22(34)24(27(32(13,14)15)33(16,17)18)23(21)26(30(7,8)9)31(10,11)12/h19-20,25-27H,34H2,1-18H3. The van der Waals surface area contributed by atoms with Gasteiger partial charge in [0.25, 0.3) is 0 Å². The van der Waals surface area contributed by atoms with E-state index in [0.29, 0.717) is 17.8 Å². The van der Waals surface area contributed by atoms with Gasteiger partial charge in [0.05, 0.1) is 0 Å². The molecule has 0 saturated heterocycles. The van der Waals surface area contributed by atoms with Crippen molar-refractivity contribution >= 4 is 5.69 Å². The third-order valence-corrected chi connectivity index (χ3v) is 7.44. The van der Waals surface area contributed by atoms with Crippen molar-refractivity contribution in [3.05, 3.63) is 28.8 Å². The van der Waals surface area contributed by atoms with Gasteiger partial charge >= 0.3 is 0 Å². The lowest BCUT2D eigenvalue weighted by molar-refractivity contribution is 0.144. The van der Waals surface area contributed by atoms with Gasteiger partial charge < -0.3 is 5.73 Å². The van der Waals surface area contributed by atoms with Crippen molar-refractivity contribution in [3.8, 4) is 0 Å². The van der Waals surface area contributed by atoms with Gasteiger partial charge in [0.15, 0.2) is 0 Å². The molecular formula is C33H61N. The zero-order chi connectivity index (χ0) is 27.5. The first-order valence-electron chi connectivity index (χ1n) is 13.5. The van der Waals surface area contributed by atoms with Gasteiger partial charge in [-0.15, -0.1) is 0 Å². The van der Waals surface area contributed by atoms with Crippen LogP contribution < -0.4 is 5.73 Å². The second kappa shape index (κ2) is 9.15. The Balaban J connectivity index is 4.50. The highest BCUT2D eigenvalue weighted by Crippen LogP contribution is 2.60. The molecule has 0 aromatic heterocycles. The van der Waals surface area contributed by atoms with E-state index in [9.17, 15) is 0 Å². The molecule has 2 N–H and O–H groups in total. The van der Waals surface area contributed by atoms with Gasteiger partial charge in [-0.2, -0.15) is 0 Å². The first-order valence-corrected chi connectivity index (χ1v) is 13.5. The summed E-state index contributed by atoms with van der Waals surface area (Å²) >= 11 is 0. The van der Waals surface area contributed by atoms with E-state index in [-0.39, 0.29) is 32.5 Å². The molecule has 0 unspecified atom stereocenters. The molecule has 1 rings (SSSR count). The highest BCUT2D eigenvalue weighted by molar-refractivity contribution is 5.60. The zero-order valence-electron chi connectivity index (χ0n) is 26.5. The lowest BCUT2D eigenvalue weighted by Crippen LogP contribution is -2.39. The number of nitrogens with two attached hydrogens (primary N) is 1. The van der Waals surface area contributed by atoms with E-state index < -0.39 is 0 Å². The van der Waals surface area contributed by atoms with E-state index in [1.807, 2.05) is 0 Å². The molecule has 198 valence electrons. The fourth-order valence-electron chi connectivity index (χ4n) is 8.13.